The van der Waals surface area contributed by atoms with Crippen molar-refractivity contribution in [1.82, 2.24) is 20.4 Å². The smallest absolute Gasteiger partial charge is 0.202 e. The molecule has 5 N–H and O–H groups in total. The summed E-state index contributed by atoms with van der Waals surface area (Å²) in [6.07, 6.45) is 3.43. The second kappa shape index (κ2) is 8.18. The number of nitrogens with two attached hydrogens (primary N) is 1. The summed E-state index contributed by atoms with van der Waals surface area (Å²) in [5.41, 5.74) is 9.62. The van der Waals surface area contributed by atoms with E-state index in [9.17, 15) is 0 Å². The summed E-state index contributed by atoms with van der Waals surface area (Å²) in [6.45, 7) is 4.24. The molecule has 5 rings (SSSR count). The van der Waals surface area contributed by atoms with Crippen LogP contribution in [0.2, 0.25) is 0 Å². The van der Waals surface area contributed by atoms with Crippen LogP contribution in [0.4, 0.5) is 11.4 Å². The monoisotopic (exact) mass is 432 g/mol. The van der Waals surface area contributed by atoms with Gasteiger partial charge in [-0.15, -0.1) is 0 Å². The van der Waals surface area contributed by atoms with Gasteiger partial charge in [-0.25, -0.2) is 4.99 Å². The van der Waals surface area contributed by atoms with Gasteiger partial charge in [-0.2, -0.15) is 5.10 Å². The number of hydrogen-bond acceptors (Lipinski definition) is 8. The molecule has 1 unspecified atom stereocenters. The summed E-state index contributed by atoms with van der Waals surface area (Å²) in [5, 5.41) is 14.7. The topological polar surface area (TPSA) is 107 Å². The number of benzene rings is 2. The van der Waals surface area contributed by atoms with E-state index >= 15 is 0 Å². The van der Waals surface area contributed by atoms with Crippen LogP contribution in [-0.4, -0.2) is 61.4 Å². The summed E-state index contributed by atoms with van der Waals surface area (Å²) in [4.78, 5) is 9.22. The number of aromatic nitrogens is 2. The lowest BCUT2D eigenvalue weighted by atomic mass is 9.96. The van der Waals surface area contributed by atoms with Crippen molar-refractivity contribution >= 4 is 28.2 Å². The molecule has 2 aliphatic rings. The minimum Gasteiger partial charge on any atom is -0.495 e. The van der Waals surface area contributed by atoms with Crippen molar-refractivity contribution < 1.29 is 4.74 Å². The zero-order chi connectivity index (χ0) is 22.1. The molecule has 0 radical (unpaired) electrons. The van der Waals surface area contributed by atoms with E-state index in [-0.39, 0.29) is 0 Å². The number of piperazine rings is 1. The second-order valence-electron chi connectivity index (χ2n) is 8.24. The Balaban J connectivity index is 1.34. The second-order valence-corrected chi connectivity index (χ2v) is 8.24. The first-order valence-electron chi connectivity index (χ1n) is 10.7. The maximum atomic E-state index is 6.80. The molecule has 32 heavy (non-hydrogen) atoms. The summed E-state index contributed by atoms with van der Waals surface area (Å²) >= 11 is 0. The fourth-order valence-electron chi connectivity index (χ4n) is 4.14. The number of hydrogen-bond donors (Lipinski definition) is 4. The number of aromatic amines is 1. The number of ether oxygens (including phenoxy) is 1. The fourth-order valence-corrected chi connectivity index (χ4v) is 4.14. The Morgan fingerprint density at radius 3 is 2.62 bits per heavy atom. The third kappa shape index (κ3) is 3.76. The molecule has 2 aliphatic heterocycles. The molecule has 0 amide bonds. The summed E-state index contributed by atoms with van der Waals surface area (Å²) < 4.78 is 5.55. The Morgan fingerprint density at radius 2 is 1.88 bits per heavy atom. The van der Waals surface area contributed by atoms with Crippen molar-refractivity contribution in [2.75, 3.05) is 50.6 Å². The Labute approximate surface area is 186 Å². The number of nitrogens with one attached hydrogen (secondary N) is 3. The van der Waals surface area contributed by atoms with Gasteiger partial charge >= 0.3 is 0 Å². The highest BCUT2D eigenvalue weighted by Crippen LogP contribution is 2.29. The van der Waals surface area contributed by atoms with Crippen molar-refractivity contribution in [3.63, 3.8) is 0 Å². The van der Waals surface area contributed by atoms with E-state index in [1.165, 1.54) is 5.69 Å². The first kappa shape index (κ1) is 20.3. The molecular formula is C23H28N8O. The highest BCUT2D eigenvalue weighted by molar-refractivity contribution is 5.95. The first-order valence-corrected chi connectivity index (χ1v) is 10.7. The number of H-pyrrole nitrogens is 1. The van der Waals surface area contributed by atoms with Crippen molar-refractivity contribution in [2.24, 2.45) is 10.7 Å². The third-order valence-corrected chi connectivity index (χ3v) is 6.13. The minimum atomic E-state index is -1.07. The number of rotatable bonds is 4. The van der Waals surface area contributed by atoms with Gasteiger partial charge in [0, 0.05) is 48.5 Å². The minimum absolute atomic E-state index is 0.521. The lowest BCUT2D eigenvalue weighted by Gasteiger charge is -2.36. The van der Waals surface area contributed by atoms with Gasteiger partial charge in [0.25, 0.3) is 0 Å². The molecule has 166 valence electrons. The molecule has 9 nitrogen and oxygen atoms in total. The van der Waals surface area contributed by atoms with Crippen molar-refractivity contribution in [3.8, 4) is 0 Å². The molecule has 1 fully saturated rings. The van der Waals surface area contributed by atoms with Gasteiger partial charge in [0.2, 0.25) is 5.96 Å². The number of methoxy groups -OCH3 is 1. The molecule has 0 bridgehead atoms. The maximum Gasteiger partial charge on any atom is 0.202 e. The Kier molecular flexibility index (Phi) is 5.20. The third-order valence-electron chi connectivity index (χ3n) is 6.13. The van der Waals surface area contributed by atoms with Gasteiger partial charge in [-0.1, -0.05) is 12.1 Å². The molecule has 1 saturated heterocycles. The predicted octanol–water partition coefficient (Wildman–Crippen LogP) is 1.99. The SMILES string of the molecule is COC1=CN=C(Nc2ccc(N3CCN(C)CC3)cc2)NC1(N)c1ccc2cn[nH]c2c1. The van der Waals surface area contributed by atoms with Crippen LogP contribution in [0.5, 0.6) is 0 Å². The highest BCUT2D eigenvalue weighted by Gasteiger charge is 2.37. The maximum absolute atomic E-state index is 6.80. The van der Waals surface area contributed by atoms with Crippen molar-refractivity contribution in [1.29, 1.82) is 0 Å². The molecule has 3 aromatic rings. The normalized spacial score (nSPS) is 21.7. The number of fused-ring (bicyclic) bond motifs is 1. The van der Waals surface area contributed by atoms with E-state index in [1.807, 2.05) is 18.2 Å². The van der Waals surface area contributed by atoms with E-state index < -0.39 is 5.66 Å². The van der Waals surface area contributed by atoms with E-state index in [1.54, 1.807) is 19.5 Å². The van der Waals surface area contributed by atoms with Crippen LogP contribution in [0.1, 0.15) is 5.56 Å². The predicted molar refractivity (Wildman–Crippen MR) is 127 cm³/mol. The summed E-state index contributed by atoms with van der Waals surface area (Å²) in [7, 11) is 3.76. The first-order chi connectivity index (χ1) is 15.5. The number of nitrogens with zero attached hydrogens (tertiary/aromatic N) is 4. The van der Waals surface area contributed by atoms with Crippen LogP contribution in [0.15, 0.2) is 65.6 Å². The number of likely N-dealkylation sites (N-methyl/N-ethyl adjacent to an activating group) is 1. The number of guanidine groups is 1. The molecule has 0 aliphatic carbocycles. The summed E-state index contributed by atoms with van der Waals surface area (Å²) in [6, 6.07) is 14.3. The Bertz CT molecular complexity index is 1160. The van der Waals surface area contributed by atoms with Gasteiger partial charge < -0.3 is 25.2 Å². The zero-order valence-electron chi connectivity index (χ0n) is 18.3. The van der Waals surface area contributed by atoms with Crippen LogP contribution in [-0.2, 0) is 10.4 Å². The Hall–Kier alpha value is -3.56. The van der Waals surface area contributed by atoms with E-state index in [0.717, 1.165) is 48.3 Å². The average Bonchev–Trinajstić information content (AvgIpc) is 3.28. The van der Waals surface area contributed by atoms with Crippen LogP contribution >= 0.6 is 0 Å². The van der Waals surface area contributed by atoms with Crippen molar-refractivity contribution in [2.45, 2.75) is 5.66 Å². The van der Waals surface area contributed by atoms with Crippen LogP contribution in [0.25, 0.3) is 10.9 Å². The lowest BCUT2D eigenvalue weighted by molar-refractivity contribution is 0.207. The molecule has 0 saturated carbocycles. The average molecular weight is 433 g/mol. The van der Waals surface area contributed by atoms with Gasteiger partial charge in [0.1, 0.15) is 0 Å². The summed E-state index contributed by atoms with van der Waals surface area (Å²) in [5.74, 6) is 1.07. The lowest BCUT2D eigenvalue weighted by Crippen LogP contribution is -2.57. The highest BCUT2D eigenvalue weighted by atomic mass is 16.5. The van der Waals surface area contributed by atoms with Crippen LogP contribution in [0.3, 0.4) is 0 Å². The zero-order valence-corrected chi connectivity index (χ0v) is 18.3. The number of anilines is 2. The van der Waals surface area contributed by atoms with Crippen LogP contribution in [0, 0.1) is 0 Å². The standard InChI is InChI=1S/C23H28N8O/c1-30-9-11-31(12-10-30)19-7-5-18(6-8-19)27-22-25-15-21(32-2)23(24,28-22)17-4-3-16-14-26-29-20(16)13-17/h3-8,13-15H,9-12,24H2,1-2H3,(H,26,29)(H2,25,27,28). The molecule has 9 heteroatoms. The Morgan fingerprint density at radius 1 is 1.09 bits per heavy atom. The van der Waals surface area contributed by atoms with Gasteiger partial charge in [-0.3, -0.25) is 10.8 Å². The molecule has 1 atom stereocenters. The van der Waals surface area contributed by atoms with Gasteiger partial charge in [-0.05, 0) is 37.4 Å². The van der Waals surface area contributed by atoms with E-state index in [4.69, 9.17) is 10.5 Å². The van der Waals surface area contributed by atoms with Crippen molar-refractivity contribution in [3.05, 3.63) is 66.2 Å². The molecule has 1 aromatic heterocycles. The quantitative estimate of drug-likeness (QED) is 0.499. The van der Waals surface area contributed by atoms with Crippen LogP contribution < -0.4 is 21.3 Å². The van der Waals surface area contributed by atoms with Gasteiger partial charge in [0.15, 0.2) is 11.4 Å². The molecular weight excluding hydrogens is 404 g/mol. The fraction of sp³-hybridized carbons (Fsp3) is 0.304. The molecule has 0 spiro atoms. The molecule has 3 heterocycles. The largest absolute Gasteiger partial charge is 0.495 e. The molecule has 2 aromatic carbocycles. The number of aliphatic imine (C=N–C) groups is 1. The van der Waals surface area contributed by atoms with E-state index in [0.29, 0.717) is 11.7 Å². The van der Waals surface area contributed by atoms with Gasteiger partial charge in [0.05, 0.1) is 25.0 Å². The van der Waals surface area contributed by atoms with E-state index in [2.05, 4.69) is 66.9 Å².